The van der Waals surface area contributed by atoms with Crippen LogP contribution in [0.25, 0.3) is 22.0 Å². The number of aromatic nitrogens is 6. The first kappa shape index (κ1) is 22.6. The average molecular weight is 517 g/mol. The second-order valence-corrected chi connectivity index (χ2v) is 11.2. The van der Waals surface area contributed by atoms with Crippen LogP contribution in [0.5, 0.6) is 0 Å². The van der Waals surface area contributed by atoms with Gasteiger partial charge in [-0.1, -0.05) is 18.2 Å². The molecule has 1 saturated carbocycles. The van der Waals surface area contributed by atoms with E-state index in [1.807, 2.05) is 36.5 Å². The number of benzene rings is 1. The first-order valence-corrected chi connectivity index (χ1v) is 13.1. The number of aromatic amines is 1. The summed E-state index contributed by atoms with van der Waals surface area (Å²) in [7, 11) is 0. The molecule has 0 unspecified atom stereocenters. The molecular weight excluding hydrogens is 488 g/mol. The summed E-state index contributed by atoms with van der Waals surface area (Å²) in [5.74, 6) is 2.01. The molecule has 1 saturated heterocycles. The number of anilines is 1. The van der Waals surface area contributed by atoms with Crippen LogP contribution in [0.15, 0.2) is 37.3 Å². The maximum atomic E-state index is 12.0. The molecule has 2 fully saturated rings. The molecule has 2 aliphatic heterocycles. The van der Waals surface area contributed by atoms with Gasteiger partial charge >= 0.3 is 0 Å². The molecule has 37 heavy (non-hydrogen) atoms. The fourth-order valence-electron chi connectivity index (χ4n) is 6.59. The van der Waals surface area contributed by atoms with Crippen LogP contribution in [0.4, 0.5) is 5.82 Å². The minimum atomic E-state index is 0.0237. The maximum absolute atomic E-state index is 12.0. The largest absolute Gasteiger partial charge is 0.345 e. The summed E-state index contributed by atoms with van der Waals surface area (Å²) in [5, 5.41) is 14.4. The molecule has 1 spiro atoms. The highest BCUT2D eigenvalue weighted by molar-refractivity contribution is 6.36. The van der Waals surface area contributed by atoms with Crippen LogP contribution in [0.2, 0.25) is 5.02 Å². The van der Waals surface area contributed by atoms with E-state index >= 15 is 0 Å². The zero-order chi connectivity index (χ0) is 25.5. The van der Waals surface area contributed by atoms with Gasteiger partial charge in [-0.05, 0) is 44.4 Å². The number of aryl methyl sites for hydroxylation is 1. The molecule has 1 N–H and O–H groups in total. The van der Waals surface area contributed by atoms with Gasteiger partial charge in [-0.3, -0.25) is 14.6 Å². The summed E-state index contributed by atoms with van der Waals surface area (Å²) in [6, 6.07) is 2.34. The van der Waals surface area contributed by atoms with E-state index in [0.29, 0.717) is 12.6 Å². The van der Waals surface area contributed by atoms with Crippen LogP contribution >= 0.6 is 11.6 Å². The minimum Gasteiger partial charge on any atom is -0.345 e. The summed E-state index contributed by atoms with van der Waals surface area (Å²) < 4.78 is 4.41. The SMILES string of the molecule is C=CC(=O)N1CC2(CC(n3nc(N4CCn5ccnc5C4)c(-c4c(Cl)c(C)cc5[nH]ncc45)c3C)C2)C1. The van der Waals surface area contributed by atoms with Gasteiger partial charge in [0.2, 0.25) is 5.91 Å². The highest BCUT2D eigenvalue weighted by atomic mass is 35.5. The molecule has 1 aliphatic carbocycles. The molecule has 4 aromatic rings. The van der Waals surface area contributed by atoms with E-state index in [1.165, 1.54) is 6.08 Å². The molecule has 0 bridgehead atoms. The lowest BCUT2D eigenvalue weighted by molar-refractivity contribution is -0.149. The van der Waals surface area contributed by atoms with Gasteiger partial charge in [-0.2, -0.15) is 10.2 Å². The monoisotopic (exact) mass is 516 g/mol. The lowest BCUT2D eigenvalue weighted by Gasteiger charge is -2.58. The van der Waals surface area contributed by atoms with Gasteiger partial charge in [-0.25, -0.2) is 4.98 Å². The lowest BCUT2D eigenvalue weighted by atomic mass is 9.60. The first-order valence-electron chi connectivity index (χ1n) is 12.8. The van der Waals surface area contributed by atoms with Crippen LogP contribution in [0, 0.1) is 19.3 Å². The molecule has 0 atom stereocenters. The van der Waals surface area contributed by atoms with Gasteiger partial charge in [0, 0.05) is 66.2 Å². The number of hydrogen-bond donors (Lipinski definition) is 1. The summed E-state index contributed by atoms with van der Waals surface area (Å²) in [6.45, 7) is 11.8. The number of rotatable bonds is 4. The van der Waals surface area contributed by atoms with E-state index in [-0.39, 0.29) is 11.3 Å². The summed E-state index contributed by atoms with van der Waals surface area (Å²) in [6.07, 6.45) is 9.20. The van der Waals surface area contributed by atoms with Gasteiger partial charge in [0.15, 0.2) is 5.82 Å². The van der Waals surface area contributed by atoms with E-state index in [2.05, 4.69) is 42.8 Å². The van der Waals surface area contributed by atoms with Crippen molar-refractivity contribution in [1.82, 2.24) is 34.4 Å². The molecule has 10 heteroatoms. The number of nitrogens with zero attached hydrogens (tertiary/aromatic N) is 7. The van der Waals surface area contributed by atoms with Crippen molar-refractivity contribution in [2.45, 2.75) is 45.8 Å². The molecule has 3 aliphatic rings. The van der Waals surface area contributed by atoms with E-state index in [4.69, 9.17) is 16.7 Å². The predicted octanol–water partition coefficient (Wildman–Crippen LogP) is 4.26. The van der Waals surface area contributed by atoms with Crippen LogP contribution < -0.4 is 4.90 Å². The summed E-state index contributed by atoms with van der Waals surface area (Å²) >= 11 is 7.02. The quantitative estimate of drug-likeness (QED) is 0.409. The number of H-pyrrole nitrogens is 1. The number of carbonyl (C=O) groups is 1. The minimum absolute atomic E-state index is 0.0237. The predicted molar refractivity (Wildman–Crippen MR) is 143 cm³/mol. The van der Waals surface area contributed by atoms with E-state index in [0.717, 1.165) is 89.0 Å². The number of nitrogens with one attached hydrogen (secondary N) is 1. The molecule has 9 nitrogen and oxygen atoms in total. The second-order valence-electron chi connectivity index (χ2n) is 10.9. The molecule has 3 aromatic heterocycles. The molecule has 1 aromatic carbocycles. The Morgan fingerprint density at radius 2 is 2.05 bits per heavy atom. The van der Waals surface area contributed by atoms with Gasteiger partial charge in [-0.15, -0.1) is 0 Å². The molecule has 190 valence electrons. The van der Waals surface area contributed by atoms with Gasteiger partial charge < -0.3 is 14.4 Å². The van der Waals surface area contributed by atoms with E-state index < -0.39 is 0 Å². The summed E-state index contributed by atoms with van der Waals surface area (Å²) in [4.78, 5) is 20.8. The smallest absolute Gasteiger partial charge is 0.245 e. The topological polar surface area (TPSA) is 87.9 Å². The zero-order valence-corrected chi connectivity index (χ0v) is 21.8. The molecule has 7 rings (SSSR count). The lowest BCUT2D eigenvalue weighted by Crippen LogP contribution is -2.63. The Morgan fingerprint density at radius 1 is 1.24 bits per heavy atom. The number of imidazole rings is 1. The Bertz CT molecular complexity index is 1560. The fourth-order valence-corrected chi connectivity index (χ4v) is 6.84. The number of fused-ring (bicyclic) bond motifs is 2. The van der Waals surface area contributed by atoms with Crippen molar-refractivity contribution < 1.29 is 4.79 Å². The van der Waals surface area contributed by atoms with Crippen molar-refractivity contribution in [3.63, 3.8) is 0 Å². The van der Waals surface area contributed by atoms with E-state index in [1.54, 1.807) is 0 Å². The van der Waals surface area contributed by atoms with Crippen LogP contribution in [0.3, 0.4) is 0 Å². The zero-order valence-electron chi connectivity index (χ0n) is 21.0. The Balaban J connectivity index is 1.30. The fraction of sp³-hybridized carbons (Fsp3) is 0.407. The van der Waals surface area contributed by atoms with Crippen LogP contribution in [0.1, 0.15) is 36.0 Å². The van der Waals surface area contributed by atoms with Crippen molar-refractivity contribution in [1.29, 1.82) is 0 Å². The highest BCUT2D eigenvalue weighted by Gasteiger charge is 2.54. The maximum Gasteiger partial charge on any atom is 0.245 e. The van der Waals surface area contributed by atoms with Crippen LogP contribution in [-0.4, -0.2) is 60.0 Å². The Kier molecular flexibility index (Phi) is 4.86. The Morgan fingerprint density at radius 3 is 2.84 bits per heavy atom. The van der Waals surface area contributed by atoms with Crippen molar-refractivity contribution in [2.24, 2.45) is 5.41 Å². The number of hydrogen-bond acceptors (Lipinski definition) is 5. The van der Waals surface area contributed by atoms with E-state index in [9.17, 15) is 4.79 Å². The normalized spacial score (nSPS) is 18.7. The van der Waals surface area contributed by atoms with Crippen molar-refractivity contribution in [3.05, 3.63) is 59.4 Å². The Labute approximate surface area is 219 Å². The number of likely N-dealkylation sites (tertiary alicyclic amines) is 1. The first-order chi connectivity index (χ1) is 17.9. The van der Waals surface area contributed by atoms with Gasteiger partial charge in [0.25, 0.3) is 0 Å². The van der Waals surface area contributed by atoms with Crippen molar-refractivity contribution in [2.75, 3.05) is 24.5 Å². The molecule has 5 heterocycles. The van der Waals surface area contributed by atoms with Gasteiger partial charge in [0.05, 0.1) is 29.3 Å². The Hall–Kier alpha value is -3.59. The molecular formula is C27H29ClN8O. The second kappa shape index (κ2) is 7.95. The number of halogens is 1. The number of carbonyl (C=O) groups excluding carboxylic acids is 1. The van der Waals surface area contributed by atoms with Crippen molar-refractivity contribution >= 4 is 34.2 Å². The van der Waals surface area contributed by atoms with Crippen LogP contribution in [-0.2, 0) is 17.9 Å². The van der Waals surface area contributed by atoms with Crippen molar-refractivity contribution in [3.8, 4) is 11.1 Å². The highest BCUT2D eigenvalue weighted by Crippen LogP contribution is 2.55. The molecule has 0 radical (unpaired) electrons. The standard InChI is InChI=1S/C27H29ClN8O/c1-4-22(37)35-14-27(15-35)10-18(11-27)36-17(3)23(24-19-12-30-31-20(19)9-16(2)25(24)28)26(32-36)34-8-7-33-6-5-29-21(33)13-34/h4-6,9,12,18H,1,7-8,10-11,13-15H2,2-3H3,(H,30,31). The van der Waals surface area contributed by atoms with Gasteiger partial charge in [0.1, 0.15) is 5.82 Å². The third-order valence-corrected chi connectivity index (χ3v) is 9.00. The average Bonchev–Trinajstić information content (AvgIpc) is 3.57. The third kappa shape index (κ3) is 3.29. The summed E-state index contributed by atoms with van der Waals surface area (Å²) in [5.41, 5.74) is 5.34. The third-order valence-electron chi connectivity index (χ3n) is 8.51. The molecule has 1 amide bonds. The number of amides is 1.